The molecule has 1 unspecified atom stereocenters. The molecule has 4 nitrogen and oxygen atoms in total. The molecule has 0 bridgehead atoms. The minimum atomic E-state index is -0.483. The lowest BCUT2D eigenvalue weighted by molar-refractivity contribution is -0.385. The van der Waals surface area contributed by atoms with Crippen LogP contribution in [0.4, 0.5) is 5.69 Å². The molecule has 0 N–H and O–H groups in total. The van der Waals surface area contributed by atoms with Crippen molar-refractivity contribution < 1.29 is 9.66 Å². The van der Waals surface area contributed by atoms with Crippen molar-refractivity contribution in [2.75, 3.05) is 7.11 Å². The van der Waals surface area contributed by atoms with Crippen LogP contribution in [0.1, 0.15) is 18.4 Å². The van der Waals surface area contributed by atoms with E-state index >= 15 is 0 Å². The number of rotatable bonds is 3. The fourth-order valence-electron chi connectivity index (χ4n) is 1.21. The number of methoxy groups -OCH3 is 1. The molecule has 0 aliphatic rings. The Labute approximate surface area is 88.0 Å². The molecule has 0 aliphatic carbocycles. The van der Waals surface area contributed by atoms with Gasteiger partial charge in [0.2, 0.25) is 0 Å². The monoisotopic (exact) mass is 205 g/mol. The number of terminal acetylenes is 1. The van der Waals surface area contributed by atoms with Gasteiger partial charge in [0, 0.05) is 12.0 Å². The largest absolute Gasteiger partial charge is 0.490 e. The van der Waals surface area contributed by atoms with Crippen molar-refractivity contribution in [2.24, 2.45) is 0 Å². The molecule has 0 saturated carbocycles. The average molecular weight is 205 g/mol. The first kappa shape index (κ1) is 11.1. The molecule has 0 aliphatic heterocycles. The second-order valence-corrected chi connectivity index (χ2v) is 3.08. The van der Waals surface area contributed by atoms with Crippen molar-refractivity contribution in [3.8, 4) is 18.1 Å². The molecule has 1 atom stereocenters. The molecule has 15 heavy (non-hydrogen) atoms. The van der Waals surface area contributed by atoms with Gasteiger partial charge in [-0.25, -0.2) is 0 Å². The summed E-state index contributed by atoms with van der Waals surface area (Å²) in [4.78, 5) is 10.1. The molecule has 0 aromatic heterocycles. The molecule has 0 radical (unpaired) electrons. The van der Waals surface area contributed by atoms with Crippen LogP contribution in [-0.4, -0.2) is 12.0 Å². The third-order valence-electron chi connectivity index (χ3n) is 2.15. The summed E-state index contributed by atoms with van der Waals surface area (Å²) in [6, 6.07) is 4.65. The van der Waals surface area contributed by atoms with Crippen molar-refractivity contribution in [2.45, 2.75) is 12.8 Å². The zero-order valence-electron chi connectivity index (χ0n) is 8.56. The van der Waals surface area contributed by atoms with Crippen LogP contribution < -0.4 is 4.74 Å². The Morgan fingerprint density at radius 3 is 2.73 bits per heavy atom. The molecule has 1 rings (SSSR count). The van der Waals surface area contributed by atoms with Gasteiger partial charge in [-0.15, -0.1) is 6.42 Å². The van der Waals surface area contributed by atoms with Crippen LogP contribution in [0.25, 0.3) is 0 Å². The smallest absolute Gasteiger partial charge is 0.310 e. The highest BCUT2D eigenvalue weighted by atomic mass is 16.6. The summed E-state index contributed by atoms with van der Waals surface area (Å²) in [6.45, 7) is 1.85. The first-order chi connectivity index (χ1) is 7.10. The van der Waals surface area contributed by atoms with Crippen LogP contribution in [0.5, 0.6) is 5.75 Å². The van der Waals surface area contributed by atoms with Crippen LogP contribution in [0.3, 0.4) is 0 Å². The summed E-state index contributed by atoms with van der Waals surface area (Å²) < 4.78 is 4.93. The van der Waals surface area contributed by atoms with E-state index in [4.69, 9.17) is 11.2 Å². The second kappa shape index (κ2) is 4.47. The lowest BCUT2D eigenvalue weighted by Gasteiger charge is -2.07. The first-order valence-electron chi connectivity index (χ1n) is 4.38. The summed E-state index contributed by atoms with van der Waals surface area (Å²) in [5, 5.41) is 10.6. The second-order valence-electron chi connectivity index (χ2n) is 3.08. The zero-order chi connectivity index (χ0) is 11.4. The summed E-state index contributed by atoms with van der Waals surface area (Å²) in [5.74, 6) is 2.71. The molecule has 0 amide bonds. The van der Waals surface area contributed by atoms with Gasteiger partial charge in [0.05, 0.1) is 12.0 Å². The van der Waals surface area contributed by atoms with Crippen molar-refractivity contribution in [3.05, 3.63) is 33.9 Å². The van der Waals surface area contributed by atoms with E-state index in [1.165, 1.54) is 13.2 Å². The van der Waals surface area contributed by atoms with E-state index < -0.39 is 4.92 Å². The standard InChI is InChI=1S/C11H11NO3/c1-4-8(2)9-5-6-10(12(13)14)11(7-9)15-3/h1,5-8H,2-3H3. The Bertz CT molecular complexity index is 420. The predicted molar refractivity (Wildman–Crippen MR) is 56.9 cm³/mol. The van der Waals surface area contributed by atoms with Crippen LogP contribution in [-0.2, 0) is 0 Å². The van der Waals surface area contributed by atoms with Gasteiger partial charge in [-0.3, -0.25) is 10.1 Å². The van der Waals surface area contributed by atoms with Gasteiger partial charge in [0.25, 0.3) is 0 Å². The maximum absolute atomic E-state index is 10.6. The zero-order valence-corrected chi connectivity index (χ0v) is 8.56. The van der Waals surface area contributed by atoms with E-state index in [1.54, 1.807) is 12.1 Å². The fraction of sp³-hybridized carbons (Fsp3) is 0.273. The number of ether oxygens (including phenoxy) is 1. The highest BCUT2D eigenvalue weighted by Crippen LogP contribution is 2.30. The highest BCUT2D eigenvalue weighted by Gasteiger charge is 2.15. The number of nitro benzene ring substituents is 1. The topological polar surface area (TPSA) is 52.4 Å². The van der Waals surface area contributed by atoms with Crippen molar-refractivity contribution in [1.82, 2.24) is 0 Å². The van der Waals surface area contributed by atoms with Crippen molar-refractivity contribution in [1.29, 1.82) is 0 Å². The maximum atomic E-state index is 10.6. The molecule has 1 aromatic rings. The fourth-order valence-corrected chi connectivity index (χ4v) is 1.21. The normalized spacial score (nSPS) is 11.5. The van der Waals surface area contributed by atoms with E-state index in [0.717, 1.165) is 5.56 Å². The summed E-state index contributed by atoms with van der Waals surface area (Å²) in [7, 11) is 1.40. The summed E-state index contributed by atoms with van der Waals surface area (Å²) >= 11 is 0. The molecule has 0 saturated heterocycles. The Kier molecular flexibility index (Phi) is 3.29. The minimum absolute atomic E-state index is 0.0505. The third kappa shape index (κ3) is 2.26. The number of nitrogens with zero attached hydrogens (tertiary/aromatic N) is 1. The molecule has 1 aromatic carbocycles. The number of hydrogen-bond acceptors (Lipinski definition) is 3. The van der Waals surface area contributed by atoms with E-state index in [9.17, 15) is 10.1 Å². The van der Waals surface area contributed by atoms with Gasteiger partial charge in [-0.05, 0) is 18.6 Å². The lowest BCUT2D eigenvalue weighted by atomic mass is 10.0. The average Bonchev–Trinajstić information content (AvgIpc) is 2.26. The summed E-state index contributed by atoms with van der Waals surface area (Å²) in [6.07, 6.45) is 5.27. The van der Waals surface area contributed by atoms with E-state index in [1.807, 2.05) is 6.92 Å². The molecule has 4 heteroatoms. The molecule has 0 heterocycles. The van der Waals surface area contributed by atoms with E-state index in [2.05, 4.69) is 5.92 Å². The van der Waals surface area contributed by atoms with Crippen molar-refractivity contribution >= 4 is 5.69 Å². The summed E-state index contributed by atoms with van der Waals surface area (Å²) in [5.41, 5.74) is 0.783. The van der Waals surface area contributed by atoms with Gasteiger partial charge in [0.15, 0.2) is 5.75 Å². The molecular weight excluding hydrogens is 194 g/mol. The quantitative estimate of drug-likeness (QED) is 0.432. The Morgan fingerprint density at radius 2 is 2.27 bits per heavy atom. The van der Waals surface area contributed by atoms with Crippen molar-refractivity contribution in [3.63, 3.8) is 0 Å². The van der Waals surface area contributed by atoms with Crippen LogP contribution >= 0.6 is 0 Å². The van der Waals surface area contributed by atoms with Gasteiger partial charge >= 0.3 is 5.69 Å². The molecule has 0 fully saturated rings. The third-order valence-corrected chi connectivity index (χ3v) is 2.15. The predicted octanol–water partition coefficient (Wildman–Crippen LogP) is 2.34. The number of nitro groups is 1. The van der Waals surface area contributed by atoms with Gasteiger partial charge < -0.3 is 4.74 Å². The maximum Gasteiger partial charge on any atom is 0.310 e. The van der Waals surface area contributed by atoms with Crippen LogP contribution in [0, 0.1) is 22.5 Å². The Hall–Kier alpha value is -2.02. The number of hydrogen-bond donors (Lipinski definition) is 0. The van der Waals surface area contributed by atoms with E-state index in [0.29, 0.717) is 0 Å². The van der Waals surface area contributed by atoms with Gasteiger partial charge in [-0.1, -0.05) is 12.0 Å². The van der Waals surface area contributed by atoms with Gasteiger partial charge in [-0.2, -0.15) is 0 Å². The van der Waals surface area contributed by atoms with Gasteiger partial charge in [0.1, 0.15) is 0 Å². The van der Waals surface area contributed by atoms with Crippen LogP contribution in [0.2, 0.25) is 0 Å². The molecule has 0 spiro atoms. The lowest BCUT2D eigenvalue weighted by Crippen LogP contribution is -1.96. The first-order valence-corrected chi connectivity index (χ1v) is 4.38. The molecule has 78 valence electrons. The SMILES string of the molecule is C#CC(C)c1ccc([N+](=O)[O-])c(OC)c1. The van der Waals surface area contributed by atoms with E-state index in [-0.39, 0.29) is 17.4 Å². The van der Waals surface area contributed by atoms with Crippen LogP contribution in [0.15, 0.2) is 18.2 Å². The minimum Gasteiger partial charge on any atom is -0.490 e. The highest BCUT2D eigenvalue weighted by molar-refractivity contribution is 5.49. The number of benzene rings is 1. The molecular formula is C11H11NO3. The Balaban J connectivity index is 3.20. The Morgan fingerprint density at radius 1 is 1.60 bits per heavy atom.